The molecule has 0 saturated carbocycles. The Balaban J connectivity index is 2.42. The van der Waals surface area contributed by atoms with Crippen LogP contribution in [0.25, 0.3) is 0 Å². The summed E-state index contributed by atoms with van der Waals surface area (Å²) >= 11 is 0. The molecule has 1 heterocycles. The average Bonchev–Trinajstić information content (AvgIpc) is 2.96. The highest BCUT2D eigenvalue weighted by molar-refractivity contribution is 7.91. The number of benzene rings is 1. The minimum absolute atomic E-state index is 0.147. The van der Waals surface area contributed by atoms with Gasteiger partial charge in [0.1, 0.15) is 11.9 Å². The number of rotatable bonds is 4. The first kappa shape index (κ1) is 16.4. The van der Waals surface area contributed by atoms with Crippen LogP contribution >= 0.6 is 0 Å². The van der Waals surface area contributed by atoms with Gasteiger partial charge in [-0.15, -0.1) is 0 Å². The number of carbonyl (C=O) groups excluding carboxylic acids is 1. The largest absolute Gasteiger partial charge is 0.480 e. The maximum atomic E-state index is 13.9. The van der Waals surface area contributed by atoms with Gasteiger partial charge in [0.2, 0.25) is 0 Å². The highest BCUT2D eigenvalue weighted by Gasteiger charge is 2.35. The van der Waals surface area contributed by atoms with Crippen LogP contribution in [0.3, 0.4) is 0 Å². The molecule has 22 heavy (non-hydrogen) atoms. The van der Waals surface area contributed by atoms with Crippen LogP contribution in [0.15, 0.2) is 23.1 Å². The normalized spacial score (nSPS) is 18.5. The molecular formula is C14H16FNO5S. The number of aliphatic carboxylic acids is 1. The van der Waals surface area contributed by atoms with E-state index < -0.39 is 39.1 Å². The number of carboxylic acid groups (broad SMARTS) is 1. The van der Waals surface area contributed by atoms with Gasteiger partial charge in [-0.25, -0.2) is 17.6 Å². The number of hydrogen-bond acceptors (Lipinski definition) is 4. The van der Waals surface area contributed by atoms with Crippen molar-refractivity contribution in [2.75, 3.05) is 12.3 Å². The zero-order valence-corrected chi connectivity index (χ0v) is 12.8. The Bertz CT molecular complexity index is 716. The molecule has 2 rings (SSSR count). The van der Waals surface area contributed by atoms with E-state index in [1.54, 1.807) is 0 Å². The number of sulfone groups is 1. The van der Waals surface area contributed by atoms with Gasteiger partial charge in [0, 0.05) is 6.54 Å². The van der Waals surface area contributed by atoms with Crippen molar-refractivity contribution in [3.63, 3.8) is 0 Å². The molecule has 1 aliphatic heterocycles. The first-order valence-corrected chi connectivity index (χ1v) is 8.49. The molecule has 0 aromatic heterocycles. The van der Waals surface area contributed by atoms with E-state index in [1.165, 1.54) is 6.92 Å². The Morgan fingerprint density at radius 1 is 1.41 bits per heavy atom. The summed E-state index contributed by atoms with van der Waals surface area (Å²) in [6.45, 7) is 1.65. The fourth-order valence-electron chi connectivity index (χ4n) is 2.45. The Morgan fingerprint density at radius 3 is 2.68 bits per heavy atom. The first-order valence-electron chi connectivity index (χ1n) is 6.84. The van der Waals surface area contributed by atoms with E-state index in [4.69, 9.17) is 5.11 Å². The minimum Gasteiger partial charge on any atom is -0.480 e. The third-order valence-corrected chi connectivity index (χ3v) is 5.44. The van der Waals surface area contributed by atoms with Crippen LogP contribution in [0.4, 0.5) is 4.39 Å². The van der Waals surface area contributed by atoms with Gasteiger partial charge >= 0.3 is 5.97 Å². The Labute approximate surface area is 127 Å². The molecule has 0 spiro atoms. The number of carbonyl (C=O) groups is 2. The molecule has 120 valence electrons. The van der Waals surface area contributed by atoms with E-state index in [-0.39, 0.29) is 17.2 Å². The van der Waals surface area contributed by atoms with Gasteiger partial charge in [0.15, 0.2) is 9.84 Å². The number of amides is 1. The maximum Gasteiger partial charge on any atom is 0.326 e. The van der Waals surface area contributed by atoms with Crippen LogP contribution in [0, 0.1) is 5.82 Å². The van der Waals surface area contributed by atoms with Crippen LogP contribution in [-0.4, -0.2) is 48.6 Å². The number of likely N-dealkylation sites (tertiary alicyclic amines) is 1. The lowest BCUT2D eigenvalue weighted by atomic mass is 10.1. The lowest BCUT2D eigenvalue weighted by Gasteiger charge is -2.21. The second kappa shape index (κ2) is 6.04. The highest BCUT2D eigenvalue weighted by Crippen LogP contribution is 2.23. The Morgan fingerprint density at radius 2 is 2.09 bits per heavy atom. The molecular weight excluding hydrogens is 313 g/mol. The van der Waals surface area contributed by atoms with Crippen LogP contribution in [0.5, 0.6) is 0 Å². The van der Waals surface area contributed by atoms with E-state index in [0.29, 0.717) is 12.8 Å². The lowest BCUT2D eigenvalue weighted by molar-refractivity contribution is -0.141. The molecule has 0 bridgehead atoms. The van der Waals surface area contributed by atoms with E-state index in [0.717, 1.165) is 23.1 Å². The van der Waals surface area contributed by atoms with Crippen molar-refractivity contribution in [1.82, 2.24) is 4.90 Å². The van der Waals surface area contributed by atoms with Crippen LogP contribution in [0.2, 0.25) is 0 Å². The number of carboxylic acids is 1. The Hall–Kier alpha value is -1.96. The fraction of sp³-hybridized carbons (Fsp3) is 0.429. The average molecular weight is 329 g/mol. The molecule has 0 radical (unpaired) electrons. The van der Waals surface area contributed by atoms with E-state index in [2.05, 4.69) is 0 Å². The van der Waals surface area contributed by atoms with Gasteiger partial charge in [-0.2, -0.15) is 0 Å². The van der Waals surface area contributed by atoms with E-state index in [9.17, 15) is 22.4 Å². The van der Waals surface area contributed by atoms with Gasteiger partial charge in [0.05, 0.1) is 16.2 Å². The summed E-state index contributed by atoms with van der Waals surface area (Å²) in [6, 6.07) is 2.00. The monoisotopic (exact) mass is 329 g/mol. The van der Waals surface area contributed by atoms with Crippen molar-refractivity contribution < 1.29 is 27.5 Å². The zero-order chi connectivity index (χ0) is 16.5. The van der Waals surface area contributed by atoms with Gasteiger partial charge in [-0.05, 0) is 31.0 Å². The van der Waals surface area contributed by atoms with Crippen LogP contribution in [-0.2, 0) is 14.6 Å². The third-order valence-electron chi connectivity index (χ3n) is 3.71. The summed E-state index contributed by atoms with van der Waals surface area (Å²) in [5, 5.41) is 9.09. The molecule has 1 amide bonds. The Kier molecular flexibility index (Phi) is 4.50. The molecule has 1 aromatic rings. The van der Waals surface area contributed by atoms with E-state index in [1.807, 2.05) is 0 Å². The quantitative estimate of drug-likeness (QED) is 0.841. The molecule has 6 nitrogen and oxygen atoms in total. The van der Waals surface area contributed by atoms with Crippen molar-refractivity contribution in [3.8, 4) is 0 Å². The van der Waals surface area contributed by atoms with E-state index >= 15 is 0 Å². The fourth-order valence-corrected chi connectivity index (χ4v) is 3.36. The van der Waals surface area contributed by atoms with Crippen molar-refractivity contribution in [2.24, 2.45) is 0 Å². The second-order valence-electron chi connectivity index (χ2n) is 5.04. The van der Waals surface area contributed by atoms with Crippen molar-refractivity contribution in [2.45, 2.75) is 30.7 Å². The molecule has 1 saturated heterocycles. The summed E-state index contributed by atoms with van der Waals surface area (Å²) in [4.78, 5) is 24.4. The summed E-state index contributed by atoms with van der Waals surface area (Å²) in [7, 11) is -3.58. The molecule has 1 atom stereocenters. The number of hydrogen-bond donors (Lipinski definition) is 1. The smallest absolute Gasteiger partial charge is 0.326 e. The standard InChI is InChI=1S/C14H16FNO5S/c1-2-22(20,21)9-5-6-11(15)10(8-9)13(17)16-7-3-4-12(16)14(18)19/h5-6,8,12H,2-4,7H2,1H3,(H,18,19)/t12-/m1/s1. The second-order valence-corrected chi connectivity index (χ2v) is 7.32. The van der Waals surface area contributed by atoms with Crippen LogP contribution in [0.1, 0.15) is 30.1 Å². The number of halogens is 1. The molecule has 0 aliphatic carbocycles. The van der Waals surface area contributed by atoms with Gasteiger partial charge in [-0.3, -0.25) is 4.79 Å². The predicted molar refractivity (Wildman–Crippen MR) is 75.8 cm³/mol. The summed E-state index contributed by atoms with van der Waals surface area (Å²) < 4.78 is 37.6. The summed E-state index contributed by atoms with van der Waals surface area (Å²) in [6.07, 6.45) is 0.812. The lowest BCUT2D eigenvalue weighted by Crippen LogP contribution is -2.40. The molecule has 1 aromatic carbocycles. The molecule has 1 aliphatic rings. The summed E-state index contributed by atoms with van der Waals surface area (Å²) in [5.74, 6) is -2.98. The number of nitrogens with zero attached hydrogens (tertiary/aromatic N) is 1. The zero-order valence-electron chi connectivity index (χ0n) is 12.0. The predicted octanol–water partition coefficient (Wildman–Crippen LogP) is 1.31. The van der Waals surface area contributed by atoms with Crippen molar-refractivity contribution >= 4 is 21.7 Å². The van der Waals surface area contributed by atoms with Gasteiger partial charge in [-0.1, -0.05) is 6.92 Å². The molecule has 0 unspecified atom stereocenters. The van der Waals surface area contributed by atoms with Crippen LogP contribution < -0.4 is 0 Å². The minimum atomic E-state index is -3.58. The SMILES string of the molecule is CCS(=O)(=O)c1ccc(F)c(C(=O)N2CCC[C@@H]2C(=O)O)c1. The highest BCUT2D eigenvalue weighted by atomic mass is 32.2. The topological polar surface area (TPSA) is 91.8 Å². The summed E-state index contributed by atoms with van der Waals surface area (Å²) in [5.41, 5.74) is -0.414. The van der Waals surface area contributed by atoms with Gasteiger partial charge in [0.25, 0.3) is 5.91 Å². The first-order chi connectivity index (χ1) is 10.3. The van der Waals surface area contributed by atoms with Crippen molar-refractivity contribution in [1.29, 1.82) is 0 Å². The molecule has 1 fully saturated rings. The molecule has 8 heteroatoms. The van der Waals surface area contributed by atoms with Crippen molar-refractivity contribution in [3.05, 3.63) is 29.6 Å². The maximum absolute atomic E-state index is 13.9. The van der Waals surface area contributed by atoms with Gasteiger partial charge < -0.3 is 10.0 Å². The third kappa shape index (κ3) is 2.96. The molecule has 1 N–H and O–H groups in total.